The summed E-state index contributed by atoms with van der Waals surface area (Å²) in [4.78, 5) is 12.2. The lowest BCUT2D eigenvalue weighted by molar-refractivity contribution is -0.112. The maximum atomic E-state index is 12.2. The zero-order chi connectivity index (χ0) is 17.0. The van der Waals surface area contributed by atoms with Crippen molar-refractivity contribution >= 4 is 64.1 Å². The second-order valence-electron chi connectivity index (χ2n) is 4.39. The van der Waals surface area contributed by atoms with Crippen molar-refractivity contribution in [2.45, 2.75) is 0 Å². The predicted molar refractivity (Wildman–Crippen MR) is 95.1 cm³/mol. The van der Waals surface area contributed by atoms with E-state index in [4.69, 9.17) is 46.4 Å². The largest absolute Gasteiger partial charge is 0.320 e. The van der Waals surface area contributed by atoms with Gasteiger partial charge in [0.25, 0.3) is 5.91 Å². The first-order valence-corrected chi connectivity index (χ1v) is 7.75. The number of amides is 1. The summed E-state index contributed by atoms with van der Waals surface area (Å²) < 4.78 is 0. The number of carbonyl (C=O) groups excluding carboxylic acids is 1. The summed E-state index contributed by atoms with van der Waals surface area (Å²) in [5.74, 6) is -0.618. The molecule has 0 radical (unpaired) electrons. The average molecular weight is 386 g/mol. The quantitative estimate of drug-likeness (QED) is 0.532. The molecule has 0 aromatic heterocycles. The summed E-state index contributed by atoms with van der Waals surface area (Å²) in [6, 6.07) is 11.4. The first-order chi connectivity index (χ1) is 10.9. The molecule has 0 spiro atoms. The number of rotatable bonds is 3. The summed E-state index contributed by atoms with van der Waals surface area (Å²) in [7, 11) is 0. The van der Waals surface area contributed by atoms with Crippen LogP contribution in [0.4, 0.5) is 5.69 Å². The van der Waals surface area contributed by atoms with E-state index in [2.05, 4.69) is 5.32 Å². The highest BCUT2D eigenvalue weighted by Gasteiger charge is 2.13. The molecular formula is C16H8Cl4N2O. The van der Waals surface area contributed by atoms with Crippen molar-refractivity contribution in [2.24, 2.45) is 0 Å². The fourth-order valence-corrected chi connectivity index (χ4v) is 2.53. The number of hydrogen-bond donors (Lipinski definition) is 1. The summed E-state index contributed by atoms with van der Waals surface area (Å²) in [5, 5.41) is 13.0. The number of carbonyl (C=O) groups is 1. The molecule has 0 aliphatic rings. The van der Waals surface area contributed by atoms with Gasteiger partial charge < -0.3 is 5.32 Å². The topological polar surface area (TPSA) is 52.9 Å². The van der Waals surface area contributed by atoms with Crippen molar-refractivity contribution in [1.29, 1.82) is 5.26 Å². The SMILES string of the molecule is N#C/C(=C\c1cccc(Cl)c1Cl)C(=O)Nc1ccc(Cl)cc1Cl. The van der Waals surface area contributed by atoms with E-state index in [0.29, 0.717) is 21.3 Å². The molecule has 2 aromatic carbocycles. The molecule has 116 valence electrons. The van der Waals surface area contributed by atoms with Gasteiger partial charge in [0.1, 0.15) is 11.6 Å². The van der Waals surface area contributed by atoms with Gasteiger partial charge >= 0.3 is 0 Å². The molecular weight excluding hydrogens is 378 g/mol. The highest BCUT2D eigenvalue weighted by molar-refractivity contribution is 6.43. The van der Waals surface area contributed by atoms with Gasteiger partial charge in [-0.1, -0.05) is 58.5 Å². The van der Waals surface area contributed by atoms with Gasteiger partial charge in [-0.15, -0.1) is 0 Å². The molecule has 2 rings (SSSR count). The van der Waals surface area contributed by atoms with Gasteiger partial charge in [-0.25, -0.2) is 0 Å². The summed E-state index contributed by atoms with van der Waals surface area (Å²) in [5.41, 5.74) is 0.674. The van der Waals surface area contributed by atoms with E-state index < -0.39 is 5.91 Å². The Kier molecular flexibility index (Phi) is 5.92. The minimum Gasteiger partial charge on any atom is -0.320 e. The number of halogens is 4. The Morgan fingerprint density at radius 3 is 2.48 bits per heavy atom. The lowest BCUT2D eigenvalue weighted by Gasteiger charge is -2.07. The van der Waals surface area contributed by atoms with Crippen molar-refractivity contribution in [1.82, 2.24) is 0 Å². The minimum absolute atomic E-state index is 0.139. The monoisotopic (exact) mass is 384 g/mol. The minimum atomic E-state index is -0.618. The van der Waals surface area contributed by atoms with Crippen LogP contribution in [0.2, 0.25) is 20.1 Å². The molecule has 1 N–H and O–H groups in total. The third-order valence-corrected chi connectivity index (χ3v) is 4.21. The first-order valence-electron chi connectivity index (χ1n) is 6.24. The van der Waals surface area contributed by atoms with Gasteiger partial charge in [-0.05, 0) is 35.9 Å². The number of nitriles is 1. The zero-order valence-corrected chi connectivity index (χ0v) is 14.4. The van der Waals surface area contributed by atoms with Crippen molar-refractivity contribution in [3.63, 3.8) is 0 Å². The predicted octanol–water partition coefficient (Wildman–Crippen LogP) is 5.85. The molecule has 2 aromatic rings. The Morgan fingerprint density at radius 2 is 1.83 bits per heavy atom. The Bertz CT molecular complexity index is 840. The second kappa shape index (κ2) is 7.72. The van der Waals surface area contributed by atoms with Gasteiger partial charge in [0.05, 0.1) is 20.8 Å². The van der Waals surface area contributed by atoms with E-state index in [0.717, 1.165) is 0 Å². The molecule has 0 heterocycles. The summed E-state index contributed by atoms with van der Waals surface area (Å²) in [6.07, 6.45) is 1.35. The van der Waals surface area contributed by atoms with Crippen LogP contribution in [0.15, 0.2) is 42.0 Å². The highest BCUT2D eigenvalue weighted by Crippen LogP contribution is 2.28. The Labute approximate surface area is 153 Å². The average Bonchev–Trinajstić information content (AvgIpc) is 2.51. The van der Waals surface area contributed by atoms with Crippen molar-refractivity contribution in [2.75, 3.05) is 5.32 Å². The normalized spacial score (nSPS) is 11.0. The van der Waals surface area contributed by atoms with Crippen LogP contribution in [-0.2, 0) is 4.79 Å². The van der Waals surface area contributed by atoms with Crippen LogP contribution in [-0.4, -0.2) is 5.91 Å². The number of hydrogen-bond acceptors (Lipinski definition) is 2. The number of benzene rings is 2. The lowest BCUT2D eigenvalue weighted by atomic mass is 10.1. The molecule has 7 heteroatoms. The number of nitrogens with zero attached hydrogens (tertiary/aromatic N) is 1. The van der Waals surface area contributed by atoms with Crippen molar-refractivity contribution in [3.8, 4) is 6.07 Å². The van der Waals surface area contributed by atoms with E-state index in [1.807, 2.05) is 6.07 Å². The molecule has 0 atom stereocenters. The molecule has 23 heavy (non-hydrogen) atoms. The van der Waals surface area contributed by atoms with E-state index in [1.54, 1.807) is 30.3 Å². The van der Waals surface area contributed by atoms with Gasteiger partial charge in [-0.2, -0.15) is 5.26 Å². The van der Waals surface area contributed by atoms with E-state index >= 15 is 0 Å². The standard InChI is InChI=1S/C16H8Cl4N2O/c17-11-4-5-14(13(19)7-11)22-16(23)10(8-21)6-9-2-1-3-12(18)15(9)20/h1-7H,(H,22,23)/b10-6+. The van der Waals surface area contributed by atoms with Crippen LogP contribution < -0.4 is 5.32 Å². The van der Waals surface area contributed by atoms with E-state index in [1.165, 1.54) is 12.1 Å². The molecule has 3 nitrogen and oxygen atoms in total. The summed E-state index contributed by atoms with van der Waals surface area (Å²) in [6.45, 7) is 0. The van der Waals surface area contributed by atoms with Crippen LogP contribution in [0.25, 0.3) is 6.08 Å². The molecule has 0 aliphatic carbocycles. The Morgan fingerprint density at radius 1 is 1.09 bits per heavy atom. The number of anilines is 1. The molecule has 0 fully saturated rings. The van der Waals surface area contributed by atoms with Crippen molar-refractivity contribution in [3.05, 3.63) is 67.6 Å². The Balaban J connectivity index is 2.30. The molecule has 0 saturated heterocycles. The third kappa shape index (κ3) is 4.40. The van der Waals surface area contributed by atoms with Crippen LogP contribution in [0.1, 0.15) is 5.56 Å². The molecule has 0 unspecified atom stereocenters. The molecule has 0 bridgehead atoms. The van der Waals surface area contributed by atoms with Crippen LogP contribution in [0, 0.1) is 11.3 Å². The zero-order valence-electron chi connectivity index (χ0n) is 11.4. The van der Waals surface area contributed by atoms with Crippen LogP contribution in [0.3, 0.4) is 0 Å². The second-order valence-corrected chi connectivity index (χ2v) is 6.02. The number of nitrogens with one attached hydrogen (secondary N) is 1. The van der Waals surface area contributed by atoms with Crippen LogP contribution in [0.5, 0.6) is 0 Å². The third-order valence-electron chi connectivity index (χ3n) is 2.83. The smallest absolute Gasteiger partial charge is 0.266 e. The molecule has 0 aliphatic heterocycles. The fourth-order valence-electron chi connectivity index (χ4n) is 1.72. The van der Waals surface area contributed by atoms with E-state index in [9.17, 15) is 10.1 Å². The van der Waals surface area contributed by atoms with Crippen LogP contribution >= 0.6 is 46.4 Å². The van der Waals surface area contributed by atoms with Gasteiger partial charge in [0.2, 0.25) is 0 Å². The maximum absolute atomic E-state index is 12.2. The maximum Gasteiger partial charge on any atom is 0.266 e. The van der Waals surface area contributed by atoms with Crippen molar-refractivity contribution < 1.29 is 4.79 Å². The Hall–Kier alpha value is -1.70. The highest BCUT2D eigenvalue weighted by atomic mass is 35.5. The van der Waals surface area contributed by atoms with Gasteiger partial charge in [-0.3, -0.25) is 4.79 Å². The van der Waals surface area contributed by atoms with Gasteiger partial charge in [0.15, 0.2) is 0 Å². The van der Waals surface area contributed by atoms with E-state index in [-0.39, 0.29) is 15.6 Å². The molecule has 1 amide bonds. The first kappa shape index (κ1) is 17.7. The van der Waals surface area contributed by atoms with Gasteiger partial charge in [0, 0.05) is 5.02 Å². The molecule has 0 saturated carbocycles. The summed E-state index contributed by atoms with van der Waals surface area (Å²) >= 11 is 23.7. The lowest BCUT2D eigenvalue weighted by Crippen LogP contribution is -2.13. The fraction of sp³-hybridized carbons (Fsp3) is 0.